The van der Waals surface area contributed by atoms with Gasteiger partial charge in [0.25, 0.3) is 0 Å². The Kier molecular flexibility index (Phi) is 3.10. The van der Waals surface area contributed by atoms with E-state index in [1.54, 1.807) is 2.80 Å². The van der Waals surface area contributed by atoms with Gasteiger partial charge in [-0.15, -0.1) is 0 Å². The molecule has 0 aliphatic heterocycles. The average Bonchev–Trinajstić information content (AvgIpc) is 2.01. The van der Waals surface area contributed by atoms with Gasteiger partial charge in [-0.1, -0.05) is 0 Å². The second-order valence-electron chi connectivity index (χ2n) is 1.90. The third-order valence-electron chi connectivity index (χ3n) is 1.23. The van der Waals surface area contributed by atoms with E-state index in [0.717, 1.165) is 0 Å². The van der Waals surface area contributed by atoms with Gasteiger partial charge in [-0.3, -0.25) is 0 Å². The van der Waals surface area contributed by atoms with Gasteiger partial charge in [0.15, 0.2) is 0 Å². The SMILES string of the molecule is [NH-]c1c([CH]=[YH])cnc(Cl)c1F. The first kappa shape index (κ1) is 9.23. The molecule has 0 amide bonds. The summed E-state index contributed by atoms with van der Waals surface area (Å²) in [5.74, 6) is -0.735. The van der Waals surface area contributed by atoms with Crippen LogP contribution in [0.5, 0.6) is 0 Å². The molecule has 0 bridgehead atoms. The molecule has 5 heteroatoms. The van der Waals surface area contributed by atoms with Crippen LogP contribution in [0.25, 0.3) is 5.73 Å². The van der Waals surface area contributed by atoms with Crippen molar-refractivity contribution >= 4 is 20.1 Å². The molecule has 0 saturated heterocycles. The Morgan fingerprint density at radius 3 is 2.91 bits per heavy atom. The average molecular weight is 247 g/mol. The summed E-state index contributed by atoms with van der Waals surface area (Å²) in [7, 11) is 0. The topological polar surface area (TPSA) is 36.7 Å². The predicted molar refractivity (Wildman–Crippen MR) is 39.7 cm³/mol. The number of pyridine rings is 1. The van der Waals surface area contributed by atoms with Gasteiger partial charge in [-0.25, -0.2) is 0 Å². The molecule has 2 nitrogen and oxygen atoms in total. The molecule has 1 aromatic heterocycles. The first-order valence-electron chi connectivity index (χ1n) is 2.85. The van der Waals surface area contributed by atoms with Gasteiger partial charge in [0, 0.05) is 0 Å². The Labute approximate surface area is 87.8 Å². The number of nitrogens with one attached hydrogen (secondary N) is 1. The van der Waals surface area contributed by atoms with Crippen molar-refractivity contribution in [1.82, 2.24) is 4.98 Å². The minimum atomic E-state index is -0.735. The second-order valence-corrected chi connectivity index (χ2v) is 3.26. The van der Waals surface area contributed by atoms with Crippen LogP contribution in [-0.2, 0) is 30.4 Å². The zero-order chi connectivity index (χ0) is 8.43. The molecule has 1 aromatic rings. The molecule has 0 aliphatic rings. The molecule has 0 radical (unpaired) electrons. The van der Waals surface area contributed by atoms with Crippen molar-refractivity contribution in [2.75, 3.05) is 0 Å². The summed E-state index contributed by atoms with van der Waals surface area (Å²) in [5, 5.41) is -0.231. The van der Waals surface area contributed by atoms with E-state index < -0.39 is 5.82 Å². The van der Waals surface area contributed by atoms with Crippen molar-refractivity contribution in [2.24, 2.45) is 0 Å². The maximum atomic E-state index is 12.8. The Morgan fingerprint density at radius 1 is 1.73 bits per heavy atom. The van der Waals surface area contributed by atoms with E-state index in [0.29, 0.717) is 36.0 Å². The molecule has 0 fully saturated rings. The maximum absolute atomic E-state index is 12.8. The second kappa shape index (κ2) is 3.70. The fourth-order valence-electron chi connectivity index (χ4n) is 0.632. The molecule has 0 aliphatic carbocycles. The van der Waals surface area contributed by atoms with E-state index in [9.17, 15) is 4.39 Å². The molecule has 56 valence electrons. The van der Waals surface area contributed by atoms with E-state index >= 15 is 0 Å². The van der Waals surface area contributed by atoms with Crippen molar-refractivity contribution in [1.29, 1.82) is 0 Å². The molecule has 0 atom stereocenters. The summed E-state index contributed by atoms with van der Waals surface area (Å²) in [6.07, 6.45) is 1.41. The summed E-state index contributed by atoms with van der Waals surface area (Å²) in [5.41, 5.74) is 7.60. The zero-order valence-electron chi connectivity index (χ0n) is 5.56. The summed E-state index contributed by atoms with van der Waals surface area (Å²) in [6, 6.07) is 0. The standard InChI is InChI=1S/C6H3ClFN2.Y.H/c1-3-2-10-6(7)4(8)5(3)9;;/h1-2H,(H-,9,10);;/q-1;;. The van der Waals surface area contributed by atoms with Crippen LogP contribution >= 0.6 is 11.6 Å². The van der Waals surface area contributed by atoms with E-state index in [-0.39, 0.29) is 10.8 Å². The van der Waals surface area contributed by atoms with Gasteiger partial charge in [0.2, 0.25) is 0 Å². The van der Waals surface area contributed by atoms with Gasteiger partial charge in [0.05, 0.1) is 0 Å². The zero-order valence-corrected chi connectivity index (χ0v) is 9.80. The molecule has 0 unspecified atom stereocenters. The Bertz CT molecular complexity index is 303. The van der Waals surface area contributed by atoms with Crippen LogP contribution in [-0.4, -0.2) is 7.79 Å². The number of hydrogen-bond donors (Lipinski definition) is 0. The van der Waals surface area contributed by atoms with E-state index in [1.807, 2.05) is 0 Å². The molecule has 1 N–H and O–H groups in total. The summed E-state index contributed by atoms with van der Waals surface area (Å²) < 4.78 is 14.6. The quantitative estimate of drug-likeness (QED) is 0.699. The summed E-state index contributed by atoms with van der Waals surface area (Å²) in [6.45, 7) is 0. The fraction of sp³-hybridized carbons (Fsp3) is 0. The van der Waals surface area contributed by atoms with Crippen LogP contribution in [0.4, 0.5) is 10.1 Å². The van der Waals surface area contributed by atoms with Crippen LogP contribution < -0.4 is 0 Å². The third-order valence-corrected chi connectivity index (χ3v) is 2.57. The first-order chi connectivity index (χ1) is 5.16. The van der Waals surface area contributed by atoms with Gasteiger partial charge in [-0.2, -0.15) is 0 Å². The molecule has 0 aromatic carbocycles. The van der Waals surface area contributed by atoms with Crippen LogP contribution in [0.1, 0.15) is 5.56 Å². The van der Waals surface area contributed by atoms with Crippen LogP contribution in [0.15, 0.2) is 6.20 Å². The molecule has 1 heterocycles. The number of rotatable bonds is 1. The number of aromatic nitrogens is 1. The molecule has 1 rings (SSSR count). The van der Waals surface area contributed by atoms with E-state index in [2.05, 4.69) is 4.98 Å². The monoisotopic (exact) mass is 247 g/mol. The van der Waals surface area contributed by atoms with Gasteiger partial charge >= 0.3 is 88.4 Å². The first-order valence-corrected chi connectivity index (χ1v) is 5.23. The van der Waals surface area contributed by atoms with E-state index in [4.69, 9.17) is 17.3 Å². The van der Waals surface area contributed by atoms with Crippen LogP contribution in [0.3, 0.4) is 0 Å². The van der Waals surface area contributed by atoms with Gasteiger partial charge < -0.3 is 0 Å². The fourth-order valence-corrected chi connectivity index (χ4v) is 1.54. The molecule has 0 spiro atoms. The van der Waals surface area contributed by atoms with Crippen molar-refractivity contribution in [3.05, 3.63) is 28.5 Å². The Balaban J connectivity index is 3.36. The molecule has 0 saturated carbocycles. The van der Waals surface area contributed by atoms with Gasteiger partial charge in [0.1, 0.15) is 0 Å². The van der Waals surface area contributed by atoms with Crippen LogP contribution in [0.2, 0.25) is 5.15 Å². The third kappa shape index (κ3) is 1.84. The van der Waals surface area contributed by atoms with E-state index in [1.165, 1.54) is 6.20 Å². The summed E-state index contributed by atoms with van der Waals surface area (Å²) in [4.78, 5) is 3.58. The van der Waals surface area contributed by atoms with Gasteiger partial charge in [-0.05, 0) is 0 Å². The molecular formula is C6H4ClFN2Y-. The predicted octanol–water partition coefficient (Wildman–Crippen LogP) is 1.99. The Hall–Kier alpha value is 0.144. The van der Waals surface area contributed by atoms with Crippen molar-refractivity contribution in [2.45, 2.75) is 0 Å². The normalized spacial score (nSPS) is 9.55. The summed E-state index contributed by atoms with van der Waals surface area (Å²) >= 11 is 5.90. The van der Waals surface area contributed by atoms with Crippen molar-refractivity contribution < 1.29 is 34.8 Å². The van der Waals surface area contributed by atoms with Crippen molar-refractivity contribution in [3.63, 3.8) is 0 Å². The molecular weight excluding hydrogens is 243 g/mol. The van der Waals surface area contributed by atoms with Crippen molar-refractivity contribution in [3.8, 4) is 0 Å². The Morgan fingerprint density at radius 2 is 2.36 bits per heavy atom. The minimum absolute atomic E-state index is 0.159. The van der Waals surface area contributed by atoms with Crippen LogP contribution in [0, 0.1) is 5.82 Å². The number of hydrogen-bond acceptors (Lipinski definition) is 1. The number of halogens is 2. The molecule has 11 heavy (non-hydrogen) atoms. The number of nitrogens with zero attached hydrogens (tertiary/aromatic N) is 1.